The second-order valence-electron chi connectivity index (χ2n) is 3.50. The average Bonchev–Trinajstić information content (AvgIpc) is 2.77. The van der Waals surface area contributed by atoms with Crippen molar-refractivity contribution in [3.05, 3.63) is 0 Å². The Morgan fingerprint density at radius 2 is 2.08 bits per heavy atom. The van der Waals surface area contributed by atoms with E-state index in [4.69, 9.17) is 10.5 Å². The van der Waals surface area contributed by atoms with E-state index in [1.165, 1.54) is 12.8 Å². The third-order valence-electron chi connectivity index (χ3n) is 2.14. The van der Waals surface area contributed by atoms with Crippen molar-refractivity contribution < 1.29 is 9.53 Å². The van der Waals surface area contributed by atoms with Crippen molar-refractivity contribution in [2.45, 2.75) is 38.7 Å². The van der Waals surface area contributed by atoms with Crippen molar-refractivity contribution in [3.63, 3.8) is 0 Å². The molecule has 2 rings (SSSR count). The number of nitrogens with two attached hydrogens (primary N) is 1. The van der Waals surface area contributed by atoms with Gasteiger partial charge in [-0.15, -0.1) is 0 Å². The molecule has 2 N–H and O–H groups in total. The maximum absolute atomic E-state index is 9.98. The number of amides is 1. The topological polar surface area (TPSA) is 52.3 Å². The van der Waals surface area contributed by atoms with Crippen molar-refractivity contribution in [1.29, 1.82) is 0 Å². The summed E-state index contributed by atoms with van der Waals surface area (Å²) in [6, 6.07) is 0. The first-order chi connectivity index (χ1) is 5.70. The summed E-state index contributed by atoms with van der Waals surface area (Å²) in [5.74, 6) is 0.111. The molecule has 0 aromatic heterocycles. The molecule has 70 valence electrons. The Balaban J connectivity index is 0.000000120. The van der Waals surface area contributed by atoms with E-state index in [9.17, 15) is 4.79 Å². The minimum atomic E-state index is -0.130. The minimum absolute atomic E-state index is 0.130. The van der Waals surface area contributed by atoms with Crippen LogP contribution in [0.3, 0.4) is 0 Å². The monoisotopic (exact) mass is 171 g/mol. The highest BCUT2D eigenvalue weighted by atomic mass is 16.5. The fourth-order valence-corrected chi connectivity index (χ4v) is 1.11. The van der Waals surface area contributed by atoms with E-state index in [0.29, 0.717) is 6.10 Å². The van der Waals surface area contributed by atoms with Gasteiger partial charge in [-0.3, -0.25) is 4.79 Å². The number of primary amides is 1. The molecule has 1 heterocycles. The van der Waals surface area contributed by atoms with E-state index in [1.807, 2.05) is 0 Å². The molecular weight excluding hydrogens is 154 g/mol. The van der Waals surface area contributed by atoms with Crippen LogP contribution in [0.25, 0.3) is 0 Å². The fourth-order valence-electron chi connectivity index (χ4n) is 1.11. The SMILES string of the molecule is CC1CCCO1.NC(=O)C1CC1. The molecule has 0 aromatic rings. The molecule has 3 nitrogen and oxygen atoms in total. The lowest BCUT2D eigenvalue weighted by Gasteiger charge is -1.94. The van der Waals surface area contributed by atoms with Gasteiger partial charge in [-0.1, -0.05) is 0 Å². The summed E-state index contributed by atoms with van der Waals surface area (Å²) in [6.07, 6.45) is 5.12. The van der Waals surface area contributed by atoms with Crippen LogP contribution in [0, 0.1) is 5.92 Å². The molecule has 1 unspecified atom stereocenters. The van der Waals surface area contributed by atoms with E-state index < -0.39 is 0 Å². The van der Waals surface area contributed by atoms with Crippen LogP contribution < -0.4 is 5.73 Å². The number of hydrogen-bond acceptors (Lipinski definition) is 2. The summed E-state index contributed by atoms with van der Waals surface area (Å²) in [6.45, 7) is 3.11. The number of ether oxygens (including phenoxy) is 1. The Labute approximate surface area is 73.3 Å². The first-order valence-electron chi connectivity index (χ1n) is 4.61. The van der Waals surface area contributed by atoms with Gasteiger partial charge in [0.2, 0.25) is 5.91 Å². The largest absolute Gasteiger partial charge is 0.379 e. The van der Waals surface area contributed by atoms with Gasteiger partial charge in [-0.05, 0) is 32.6 Å². The second kappa shape index (κ2) is 4.45. The Morgan fingerprint density at radius 3 is 2.17 bits per heavy atom. The van der Waals surface area contributed by atoms with Crippen molar-refractivity contribution in [3.8, 4) is 0 Å². The van der Waals surface area contributed by atoms with Crippen LogP contribution in [-0.2, 0) is 9.53 Å². The first-order valence-corrected chi connectivity index (χ1v) is 4.61. The van der Waals surface area contributed by atoms with Gasteiger partial charge < -0.3 is 10.5 Å². The summed E-state index contributed by atoms with van der Waals surface area (Å²) >= 11 is 0. The lowest BCUT2D eigenvalue weighted by Crippen LogP contribution is -2.11. The quantitative estimate of drug-likeness (QED) is 0.641. The van der Waals surface area contributed by atoms with Crippen LogP contribution in [-0.4, -0.2) is 18.6 Å². The predicted molar refractivity (Wildman–Crippen MR) is 46.6 cm³/mol. The van der Waals surface area contributed by atoms with E-state index in [2.05, 4.69) is 6.92 Å². The van der Waals surface area contributed by atoms with Gasteiger partial charge in [0.1, 0.15) is 0 Å². The Morgan fingerprint density at radius 1 is 1.42 bits per heavy atom. The molecule has 0 bridgehead atoms. The van der Waals surface area contributed by atoms with Crippen LogP contribution in [0.2, 0.25) is 0 Å². The molecule has 1 atom stereocenters. The maximum Gasteiger partial charge on any atom is 0.220 e. The molecule has 1 aliphatic carbocycles. The molecule has 3 heteroatoms. The molecular formula is C9H17NO2. The van der Waals surface area contributed by atoms with Crippen LogP contribution in [0.5, 0.6) is 0 Å². The highest BCUT2D eigenvalue weighted by Gasteiger charge is 2.26. The Hall–Kier alpha value is -0.570. The number of hydrogen-bond donors (Lipinski definition) is 1. The average molecular weight is 171 g/mol. The molecule has 2 fully saturated rings. The van der Waals surface area contributed by atoms with Crippen LogP contribution in [0.15, 0.2) is 0 Å². The standard InChI is InChI=1S/C5H10O.C4H7NO/c1-5-3-2-4-6-5;5-4(6)3-1-2-3/h5H,2-4H2,1H3;3H,1-2H2,(H2,5,6). The molecule has 1 saturated heterocycles. The summed E-state index contributed by atoms with van der Waals surface area (Å²) in [5.41, 5.74) is 4.86. The van der Waals surface area contributed by atoms with Gasteiger partial charge in [-0.2, -0.15) is 0 Å². The number of rotatable bonds is 1. The summed E-state index contributed by atoms with van der Waals surface area (Å²) in [4.78, 5) is 9.98. The Bertz CT molecular complexity index is 149. The van der Waals surface area contributed by atoms with Crippen LogP contribution >= 0.6 is 0 Å². The first kappa shape index (κ1) is 9.52. The van der Waals surface area contributed by atoms with E-state index in [-0.39, 0.29) is 11.8 Å². The lowest BCUT2D eigenvalue weighted by atomic mass is 10.3. The highest BCUT2D eigenvalue weighted by Crippen LogP contribution is 2.27. The van der Waals surface area contributed by atoms with Crippen molar-refractivity contribution in [2.75, 3.05) is 6.61 Å². The molecule has 1 amide bonds. The van der Waals surface area contributed by atoms with Gasteiger partial charge in [0.25, 0.3) is 0 Å². The van der Waals surface area contributed by atoms with Crippen LogP contribution in [0.4, 0.5) is 0 Å². The zero-order valence-electron chi connectivity index (χ0n) is 7.58. The normalized spacial score (nSPS) is 27.6. The van der Waals surface area contributed by atoms with Gasteiger partial charge in [-0.25, -0.2) is 0 Å². The lowest BCUT2D eigenvalue weighted by molar-refractivity contribution is -0.119. The summed E-state index contributed by atoms with van der Waals surface area (Å²) in [7, 11) is 0. The maximum atomic E-state index is 9.98. The molecule has 2 aliphatic rings. The van der Waals surface area contributed by atoms with Gasteiger partial charge in [0.15, 0.2) is 0 Å². The van der Waals surface area contributed by atoms with Gasteiger partial charge in [0.05, 0.1) is 6.10 Å². The van der Waals surface area contributed by atoms with E-state index in [1.54, 1.807) is 0 Å². The molecule has 0 radical (unpaired) electrons. The van der Waals surface area contributed by atoms with Crippen molar-refractivity contribution in [2.24, 2.45) is 11.7 Å². The third-order valence-corrected chi connectivity index (χ3v) is 2.14. The van der Waals surface area contributed by atoms with Gasteiger partial charge in [0, 0.05) is 12.5 Å². The summed E-state index contributed by atoms with van der Waals surface area (Å²) < 4.78 is 5.15. The molecule has 12 heavy (non-hydrogen) atoms. The summed E-state index contributed by atoms with van der Waals surface area (Å²) in [5, 5.41) is 0. The molecule has 1 aliphatic heterocycles. The predicted octanol–water partition coefficient (Wildman–Crippen LogP) is 1.07. The van der Waals surface area contributed by atoms with E-state index >= 15 is 0 Å². The van der Waals surface area contributed by atoms with E-state index in [0.717, 1.165) is 19.4 Å². The zero-order chi connectivity index (χ0) is 8.97. The van der Waals surface area contributed by atoms with Crippen molar-refractivity contribution in [1.82, 2.24) is 0 Å². The third kappa shape index (κ3) is 3.72. The van der Waals surface area contributed by atoms with Gasteiger partial charge >= 0.3 is 0 Å². The highest BCUT2D eigenvalue weighted by molar-refractivity contribution is 5.78. The second-order valence-corrected chi connectivity index (χ2v) is 3.50. The number of carbonyl (C=O) groups excluding carboxylic acids is 1. The smallest absolute Gasteiger partial charge is 0.220 e. The minimum Gasteiger partial charge on any atom is -0.379 e. The zero-order valence-corrected chi connectivity index (χ0v) is 7.58. The van der Waals surface area contributed by atoms with Crippen LogP contribution in [0.1, 0.15) is 32.6 Å². The Kier molecular flexibility index (Phi) is 3.53. The molecule has 1 saturated carbocycles. The van der Waals surface area contributed by atoms with Crippen molar-refractivity contribution >= 4 is 5.91 Å². The molecule has 0 aromatic carbocycles. The molecule has 0 spiro atoms. The number of carbonyl (C=O) groups is 1. The fraction of sp³-hybridized carbons (Fsp3) is 0.889.